The molecule has 0 aliphatic rings. The van der Waals surface area contributed by atoms with Gasteiger partial charge < -0.3 is 9.84 Å². The minimum absolute atomic E-state index is 0.292. The molecule has 1 N–H and O–H groups in total. The predicted molar refractivity (Wildman–Crippen MR) is 76.5 cm³/mol. The second kappa shape index (κ2) is 6.15. The molecule has 0 saturated heterocycles. The topological polar surface area (TPSA) is 81.4 Å². The summed E-state index contributed by atoms with van der Waals surface area (Å²) in [4.78, 5) is 29.5. The number of methoxy groups -OCH3 is 1. The van der Waals surface area contributed by atoms with Gasteiger partial charge in [0.1, 0.15) is 17.2 Å². The van der Waals surface area contributed by atoms with Crippen LogP contribution in [0.2, 0.25) is 0 Å². The van der Waals surface area contributed by atoms with Crippen molar-refractivity contribution in [2.45, 2.75) is 26.3 Å². The van der Waals surface area contributed by atoms with Crippen molar-refractivity contribution in [1.82, 2.24) is 9.55 Å². The summed E-state index contributed by atoms with van der Waals surface area (Å²) in [5.74, 6) is -0.603. The van der Waals surface area contributed by atoms with E-state index >= 15 is 0 Å². The molecule has 0 atom stereocenters. The van der Waals surface area contributed by atoms with Crippen LogP contribution in [0.15, 0.2) is 10.9 Å². The minimum atomic E-state index is -1.06. The van der Waals surface area contributed by atoms with E-state index in [0.717, 1.165) is 11.3 Å². The van der Waals surface area contributed by atoms with E-state index in [4.69, 9.17) is 9.84 Å². The van der Waals surface area contributed by atoms with Gasteiger partial charge >= 0.3 is 5.97 Å². The van der Waals surface area contributed by atoms with Crippen molar-refractivity contribution in [3.05, 3.63) is 27.1 Å². The highest BCUT2D eigenvalue weighted by molar-refractivity contribution is 7.18. The number of rotatable bonds is 6. The number of thiophene rings is 1. The van der Waals surface area contributed by atoms with Crippen molar-refractivity contribution in [2.24, 2.45) is 0 Å². The standard InChI is InChI=1S/C13H16N2O4S/c1-3-8-6-9-12(20-8)14-10(4-5-19-2)15(13(9)18)7-11(16)17/h6H,3-5,7H2,1-2H3,(H,16,17). The number of carbonyl (C=O) groups is 1. The van der Waals surface area contributed by atoms with E-state index < -0.39 is 5.97 Å². The third-order valence-electron chi connectivity index (χ3n) is 2.95. The Kier molecular flexibility index (Phi) is 4.51. The van der Waals surface area contributed by atoms with Crippen LogP contribution in [0.4, 0.5) is 0 Å². The molecule has 0 aliphatic carbocycles. The smallest absolute Gasteiger partial charge is 0.323 e. The molecule has 0 amide bonds. The molecule has 2 rings (SSSR count). The van der Waals surface area contributed by atoms with Gasteiger partial charge in [0.05, 0.1) is 12.0 Å². The molecule has 0 spiro atoms. The molecule has 0 fully saturated rings. The molecular weight excluding hydrogens is 280 g/mol. The van der Waals surface area contributed by atoms with E-state index in [1.165, 1.54) is 15.9 Å². The summed E-state index contributed by atoms with van der Waals surface area (Å²) in [6.45, 7) is 2.02. The highest BCUT2D eigenvalue weighted by Crippen LogP contribution is 2.22. The lowest BCUT2D eigenvalue weighted by molar-refractivity contribution is -0.137. The van der Waals surface area contributed by atoms with Crippen LogP contribution in [0.25, 0.3) is 10.2 Å². The fourth-order valence-corrected chi connectivity index (χ4v) is 2.94. The molecule has 0 radical (unpaired) electrons. The van der Waals surface area contributed by atoms with Crippen LogP contribution in [0.3, 0.4) is 0 Å². The van der Waals surface area contributed by atoms with Crippen molar-refractivity contribution >= 4 is 27.5 Å². The second-order valence-corrected chi connectivity index (χ2v) is 5.46. The van der Waals surface area contributed by atoms with E-state index in [1.807, 2.05) is 6.92 Å². The van der Waals surface area contributed by atoms with Crippen molar-refractivity contribution in [1.29, 1.82) is 0 Å². The number of fused-ring (bicyclic) bond motifs is 1. The number of carboxylic acid groups (broad SMARTS) is 1. The average molecular weight is 296 g/mol. The monoisotopic (exact) mass is 296 g/mol. The number of aliphatic carboxylic acids is 1. The zero-order valence-electron chi connectivity index (χ0n) is 11.4. The second-order valence-electron chi connectivity index (χ2n) is 4.34. The Morgan fingerprint density at radius 1 is 1.55 bits per heavy atom. The summed E-state index contributed by atoms with van der Waals surface area (Å²) >= 11 is 1.47. The summed E-state index contributed by atoms with van der Waals surface area (Å²) in [5.41, 5.74) is -0.292. The fourth-order valence-electron chi connectivity index (χ4n) is 1.96. The average Bonchev–Trinajstić information content (AvgIpc) is 2.83. The van der Waals surface area contributed by atoms with E-state index in [9.17, 15) is 9.59 Å². The van der Waals surface area contributed by atoms with Crippen molar-refractivity contribution in [2.75, 3.05) is 13.7 Å². The zero-order chi connectivity index (χ0) is 14.7. The molecule has 2 aromatic heterocycles. The van der Waals surface area contributed by atoms with E-state index in [0.29, 0.717) is 29.1 Å². The molecule has 2 heterocycles. The van der Waals surface area contributed by atoms with E-state index in [-0.39, 0.29) is 12.1 Å². The number of hydrogen-bond donors (Lipinski definition) is 1. The molecule has 0 saturated carbocycles. The van der Waals surface area contributed by atoms with Crippen LogP contribution in [0.5, 0.6) is 0 Å². The van der Waals surface area contributed by atoms with Gasteiger partial charge in [-0.2, -0.15) is 0 Å². The predicted octanol–water partition coefficient (Wildman–Crippen LogP) is 1.29. The van der Waals surface area contributed by atoms with E-state index in [2.05, 4.69) is 4.98 Å². The summed E-state index contributed by atoms with van der Waals surface area (Å²) in [6, 6.07) is 1.80. The first-order chi connectivity index (χ1) is 9.56. The van der Waals surface area contributed by atoms with Gasteiger partial charge in [0.25, 0.3) is 5.56 Å². The van der Waals surface area contributed by atoms with Crippen LogP contribution in [0, 0.1) is 0 Å². The fraction of sp³-hybridized carbons (Fsp3) is 0.462. The molecule has 6 nitrogen and oxygen atoms in total. The molecule has 20 heavy (non-hydrogen) atoms. The molecule has 108 valence electrons. The largest absolute Gasteiger partial charge is 0.480 e. The maximum Gasteiger partial charge on any atom is 0.323 e. The summed E-state index contributed by atoms with van der Waals surface area (Å²) in [5, 5.41) is 9.44. The van der Waals surface area contributed by atoms with Crippen molar-refractivity contribution in [3.8, 4) is 0 Å². The third-order valence-corrected chi connectivity index (χ3v) is 4.13. The first-order valence-electron chi connectivity index (χ1n) is 6.29. The molecule has 0 unspecified atom stereocenters. The number of aromatic nitrogens is 2. The Hall–Kier alpha value is -1.73. The normalized spacial score (nSPS) is 11.1. The molecule has 0 aromatic carbocycles. The van der Waals surface area contributed by atoms with Crippen molar-refractivity contribution in [3.63, 3.8) is 0 Å². The zero-order valence-corrected chi connectivity index (χ0v) is 12.2. The molecular formula is C13H16N2O4S. The van der Waals surface area contributed by atoms with Gasteiger partial charge in [0.2, 0.25) is 0 Å². The summed E-state index contributed by atoms with van der Waals surface area (Å²) < 4.78 is 6.20. The highest BCUT2D eigenvalue weighted by Gasteiger charge is 2.15. The van der Waals surface area contributed by atoms with Gasteiger partial charge in [0, 0.05) is 18.4 Å². The quantitative estimate of drug-likeness (QED) is 0.868. The van der Waals surface area contributed by atoms with Gasteiger partial charge in [-0.3, -0.25) is 14.2 Å². The third kappa shape index (κ3) is 2.88. The van der Waals surface area contributed by atoms with Crippen LogP contribution >= 0.6 is 11.3 Å². The molecule has 0 aliphatic heterocycles. The molecule has 7 heteroatoms. The summed E-state index contributed by atoms with van der Waals surface area (Å²) in [7, 11) is 1.55. The van der Waals surface area contributed by atoms with Gasteiger partial charge in [-0.15, -0.1) is 11.3 Å². The van der Waals surface area contributed by atoms with Crippen LogP contribution < -0.4 is 5.56 Å². The SMILES string of the molecule is CCc1cc2c(=O)n(CC(=O)O)c(CCOC)nc2s1. The maximum atomic E-state index is 12.4. The summed E-state index contributed by atoms with van der Waals surface area (Å²) in [6.07, 6.45) is 1.24. The van der Waals surface area contributed by atoms with Crippen LogP contribution in [-0.2, 0) is 28.9 Å². The number of nitrogens with zero attached hydrogens (tertiary/aromatic N) is 2. The molecule has 0 bridgehead atoms. The van der Waals surface area contributed by atoms with Gasteiger partial charge in [-0.25, -0.2) is 4.98 Å². The Bertz CT molecular complexity index is 689. The highest BCUT2D eigenvalue weighted by atomic mass is 32.1. The first kappa shape index (κ1) is 14.7. The maximum absolute atomic E-state index is 12.4. The Balaban J connectivity index is 2.60. The number of ether oxygens (including phenoxy) is 1. The van der Waals surface area contributed by atoms with Crippen LogP contribution in [0.1, 0.15) is 17.6 Å². The number of carboxylic acids is 1. The van der Waals surface area contributed by atoms with Gasteiger partial charge in [0.15, 0.2) is 0 Å². The number of aryl methyl sites for hydroxylation is 1. The lowest BCUT2D eigenvalue weighted by Crippen LogP contribution is -2.28. The van der Waals surface area contributed by atoms with Gasteiger partial charge in [-0.1, -0.05) is 6.92 Å². The molecule has 2 aromatic rings. The first-order valence-corrected chi connectivity index (χ1v) is 7.11. The van der Waals surface area contributed by atoms with Gasteiger partial charge in [-0.05, 0) is 12.5 Å². The van der Waals surface area contributed by atoms with E-state index in [1.54, 1.807) is 13.2 Å². The Morgan fingerprint density at radius 3 is 2.90 bits per heavy atom. The lowest BCUT2D eigenvalue weighted by Gasteiger charge is -2.09. The Morgan fingerprint density at radius 2 is 2.30 bits per heavy atom. The lowest BCUT2D eigenvalue weighted by atomic mass is 10.3. The Labute approximate surface area is 119 Å². The minimum Gasteiger partial charge on any atom is -0.480 e. The number of hydrogen-bond acceptors (Lipinski definition) is 5. The van der Waals surface area contributed by atoms with Crippen molar-refractivity contribution < 1.29 is 14.6 Å². The van der Waals surface area contributed by atoms with Crippen LogP contribution in [-0.4, -0.2) is 34.3 Å².